The van der Waals surface area contributed by atoms with Crippen molar-refractivity contribution >= 4 is 0 Å². The monoisotopic (exact) mass is 381 g/mol. The Kier molecular flexibility index (Phi) is 16.6. The molecule has 1 unspecified atom stereocenters. The molecular formula is C25H51NO. The number of aliphatic hydroxyl groups is 1. The Bertz CT molecular complexity index is 303. The van der Waals surface area contributed by atoms with Gasteiger partial charge in [0.2, 0.25) is 0 Å². The second-order valence-electron chi connectivity index (χ2n) is 9.48. The minimum atomic E-state index is 0.360. The first-order valence-electron chi connectivity index (χ1n) is 12.6. The highest BCUT2D eigenvalue weighted by Crippen LogP contribution is 2.20. The molecular weight excluding hydrogens is 330 g/mol. The number of hydrogen-bond acceptors (Lipinski definition) is 2. The van der Waals surface area contributed by atoms with E-state index in [1.54, 1.807) is 0 Å². The molecule has 1 fully saturated rings. The van der Waals surface area contributed by atoms with Crippen molar-refractivity contribution in [2.24, 2.45) is 5.92 Å². The van der Waals surface area contributed by atoms with Crippen molar-refractivity contribution in [2.45, 2.75) is 135 Å². The number of aliphatic hydroxyl groups excluding tert-OH is 1. The summed E-state index contributed by atoms with van der Waals surface area (Å²) in [6, 6.07) is 0.666. The van der Waals surface area contributed by atoms with Crippen molar-refractivity contribution in [1.82, 2.24) is 4.90 Å². The molecule has 0 amide bonds. The predicted molar refractivity (Wildman–Crippen MR) is 120 cm³/mol. The molecule has 0 radical (unpaired) electrons. The summed E-state index contributed by atoms with van der Waals surface area (Å²) in [5.74, 6) is 0.887. The third-order valence-corrected chi connectivity index (χ3v) is 6.44. The van der Waals surface area contributed by atoms with Gasteiger partial charge in [0.05, 0.1) is 0 Å². The summed E-state index contributed by atoms with van der Waals surface area (Å²) in [5, 5.41) is 9.22. The van der Waals surface area contributed by atoms with Crippen molar-refractivity contribution in [3.63, 3.8) is 0 Å². The van der Waals surface area contributed by atoms with E-state index in [9.17, 15) is 5.11 Å². The highest BCUT2D eigenvalue weighted by molar-refractivity contribution is 4.76. The van der Waals surface area contributed by atoms with E-state index in [0.29, 0.717) is 12.6 Å². The molecule has 1 heterocycles. The number of hydrogen-bond donors (Lipinski definition) is 1. The van der Waals surface area contributed by atoms with Gasteiger partial charge in [-0.3, -0.25) is 0 Å². The summed E-state index contributed by atoms with van der Waals surface area (Å²) < 4.78 is 0. The number of nitrogens with zero attached hydrogens (tertiary/aromatic N) is 1. The van der Waals surface area contributed by atoms with Crippen LogP contribution >= 0.6 is 0 Å². The van der Waals surface area contributed by atoms with Gasteiger partial charge in [-0.15, -0.1) is 0 Å². The Morgan fingerprint density at radius 1 is 0.741 bits per heavy atom. The average molecular weight is 382 g/mol. The first kappa shape index (κ1) is 25.0. The molecule has 0 aromatic heterocycles. The third-order valence-electron chi connectivity index (χ3n) is 6.44. The zero-order chi connectivity index (χ0) is 19.6. The van der Waals surface area contributed by atoms with Gasteiger partial charge in [-0.2, -0.15) is 0 Å². The van der Waals surface area contributed by atoms with Crippen LogP contribution in [0.2, 0.25) is 0 Å². The zero-order valence-corrected chi connectivity index (χ0v) is 18.9. The Labute approximate surface area is 171 Å². The maximum absolute atomic E-state index is 9.22. The normalized spacial score (nSPS) is 18.4. The van der Waals surface area contributed by atoms with Crippen LogP contribution in [-0.4, -0.2) is 35.7 Å². The van der Waals surface area contributed by atoms with Crippen LogP contribution in [0.15, 0.2) is 0 Å². The van der Waals surface area contributed by atoms with Crippen LogP contribution in [0.4, 0.5) is 0 Å². The van der Waals surface area contributed by atoms with Crippen molar-refractivity contribution in [3.05, 3.63) is 0 Å². The maximum Gasteiger partial charge on any atom is 0.0445 e. The van der Waals surface area contributed by atoms with E-state index < -0.39 is 0 Å². The van der Waals surface area contributed by atoms with Gasteiger partial charge < -0.3 is 10.0 Å². The van der Waals surface area contributed by atoms with E-state index in [0.717, 1.165) is 12.3 Å². The van der Waals surface area contributed by atoms with Gasteiger partial charge in [0, 0.05) is 12.6 Å². The molecule has 27 heavy (non-hydrogen) atoms. The second-order valence-corrected chi connectivity index (χ2v) is 9.48. The molecule has 0 saturated carbocycles. The summed E-state index contributed by atoms with van der Waals surface area (Å²) in [6.07, 6.45) is 25.2. The Hall–Kier alpha value is -0.0800. The van der Waals surface area contributed by atoms with Crippen LogP contribution in [0.5, 0.6) is 0 Å². The topological polar surface area (TPSA) is 23.5 Å². The van der Waals surface area contributed by atoms with Crippen LogP contribution < -0.4 is 0 Å². The minimum Gasteiger partial charge on any atom is -0.396 e. The van der Waals surface area contributed by atoms with Gasteiger partial charge in [-0.1, -0.05) is 104 Å². The van der Waals surface area contributed by atoms with E-state index in [1.165, 1.54) is 122 Å². The van der Waals surface area contributed by atoms with Crippen molar-refractivity contribution in [3.8, 4) is 0 Å². The van der Waals surface area contributed by atoms with E-state index in [2.05, 4.69) is 18.7 Å². The summed E-state index contributed by atoms with van der Waals surface area (Å²) in [7, 11) is 0. The lowest BCUT2D eigenvalue weighted by molar-refractivity contribution is 0.117. The van der Waals surface area contributed by atoms with Crippen molar-refractivity contribution in [2.75, 3.05) is 19.7 Å². The van der Waals surface area contributed by atoms with Crippen LogP contribution in [0, 0.1) is 5.92 Å². The fourth-order valence-electron chi connectivity index (χ4n) is 4.64. The molecule has 1 saturated heterocycles. The fourth-order valence-corrected chi connectivity index (χ4v) is 4.64. The van der Waals surface area contributed by atoms with Crippen molar-refractivity contribution < 1.29 is 5.11 Å². The molecule has 1 aliphatic heterocycles. The summed E-state index contributed by atoms with van der Waals surface area (Å²) >= 11 is 0. The molecule has 2 nitrogen and oxygen atoms in total. The number of piperidine rings is 1. The minimum absolute atomic E-state index is 0.360. The third kappa shape index (κ3) is 14.6. The lowest BCUT2D eigenvalue weighted by Gasteiger charge is -2.35. The van der Waals surface area contributed by atoms with Crippen LogP contribution in [0.25, 0.3) is 0 Å². The predicted octanol–water partition coefficient (Wildman–Crippen LogP) is 7.34. The smallest absolute Gasteiger partial charge is 0.0445 e. The molecule has 0 aromatic rings. The molecule has 0 bridgehead atoms. The van der Waals surface area contributed by atoms with Gasteiger partial charge in [0.1, 0.15) is 0 Å². The summed E-state index contributed by atoms with van der Waals surface area (Å²) in [4.78, 5) is 2.66. The maximum atomic E-state index is 9.22. The van der Waals surface area contributed by atoms with E-state index >= 15 is 0 Å². The Morgan fingerprint density at radius 2 is 1.26 bits per heavy atom. The fraction of sp³-hybridized carbons (Fsp3) is 1.00. The molecule has 1 N–H and O–H groups in total. The van der Waals surface area contributed by atoms with Gasteiger partial charge in [0.15, 0.2) is 0 Å². The number of likely N-dealkylation sites (tertiary alicyclic amines) is 1. The van der Waals surface area contributed by atoms with Crippen molar-refractivity contribution in [1.29, 1.82) is 0 Å². The lowest BCUT2D eigenvalue weighted by Crippen LogP contribution is -2.40. The van der Waals surface area contributed by atoms with Crippen LogP contribution in [-0.2, 0) is 0 Å². The van der Waals surface area contributed by atoms with Crippen LogP contribution in [0.3, 0.4) is 0 Å². The first-order valence-corrected chi connectivity index (χ1v) is 12.6. The average Bonchev–Trinajstić information content (AvgIpc) is 2.66. The standard InChI is InChI=1S/C25H51NO/c1-24(2)18-14-12-10-8-6-4-3-5-7-9-11-13-16-21-26-22-17-15-19-25(26)20-23-27/h24-25,27H,3-23H2,1-2H3. The Morgan fingerprint density at radius 3 is 1.78 bits per heavy atom. The van der Waals surface area contributed by atoms with Crippen LogP contribution in [0.1, 0.15) is 129 Å². The van der Waals surface area contributed by atoms with Gasteiger partial charge in [0.25, 0.3) is 0 Å². The molecule has 1 aliphatic rings. The van der Waals surface area contributed by atoms with Gasteiger partial charge >= 0.3 is 0 Å². The molecule has 1 atom stereocenters. The lowest BCUT2D eigenvalue weighted by atomic mass is 9.99. The quantitative estimate of drug-likeness (QED) is 0.251. The number of rotatable bonds is 18. The van der Waals surface area contributed by atoms with E-state index in [-0.39, 0.29) is 0 Å². The molecule has 0 spiro atoms. The number of unbranched alkanes of at least 4 members (excludes halogenated alkanes) is 12. The van der Waals surface area contributed by atoms with E-state index in [4.69, 9.17) is 0 Å². The Balaban J connectivity index is 1.79. The largest absolute Gasteiger partial charge is 0.396 e. The van der Waals surface area contributed by atoms with Gasteiger partial charge in [-0.25, -0.2) is 0 Å². The highest BCUT2D eigenvalue weighted by Gasteiger charge is 2.20. The molecule has 2 heteroatoms. The van der Waals surface area contributed by atoms with E-state index in [1.807, 2.05) is 0 Å². The molecule has 0 aliphatic carbocycles. The SMILES string of the molecule is CC(C)CCCCCCCCCCCCCCCN1CCCCC1CCO. The molecule has 0 aromatic carbocycles. The first-order chi connectivity index (χ1) is 13.2. The molecule has 162 valence electrons. The van der Waals surface area contributed by atoms with Gasteiger partial charge in [-0.05, 0) is 44.7 Å². The molecule has 1 rings (SSSR count). The highest BCUT2D eigenvalue weighted by atomic mass is 16.3. The zero-order valence-electron chi connectivity index (χ0n) is 18.9. The summed E-state index contributed by atoms with van der Waals surface area (Å²) in [5.41, 5.74) is 0. The summed E-state index contributed by atoms with van der Waals surface area (Å²) in [6.45, 7) is 7.57. The second kappa shape index (κ2) is 18.0.